The molecule has 1 fully saturated rings. The minimum atomic E-state index is -3.98. The monoisotopic (exact) mass is 400 g/mol. The van der Waals surface area contributed by atoms with E-state index >= 15 is 0 Å². The zero-order valence-corrected chi connectivity index (χ0v) is 15.5. The van der Waals surface area contributed by atoms with Gasteiger partial charge >= 0.3 is 13.1 Å². The van der Waals surface area contributed by atoms with Gasteiger partial charge in [-0.2, -0.15) is 0 Å². The number of benzene rings is 2. The number of hydrogen-bond donors (Lipinski definition) is 3. The Balaban J connectivity index is 1.70. The number of rotatable bonds is 4. The molecular formula is C18H17BN2O6S. The number of cyclic esters (lactones) is 1. The number of nitrogens with two attached hydrogens (primary N) is 1. The zero-order chi connectivity index (χ0) is 19.9. The van der Waals surface area contributed by atoms with Crippen LogP contribution in [0.3, 0.4) is 0 Å². The molecule has 0 saturated carbocycles. The molecule has 2 aromatic carbocycles. The molecule has 4 N–H and O–H groups in total. The van der Waals surface area contributed by atoms with Gasteiger partial charge < -0.3 is 20.1 Å². The predicted octanol–water partition coefficient (Wildman–Crippen LogP) is 0.618. The summed E-state index contributed by atoms with van der Waals surface area (Å²) < 4.78 is 38.5. The molecule has 2 heterocycles. The van der Waals surface area contributed by atoms with Crippen molar-refractivity contribution in [3.63, 3.8) is 0 Å². The Morgan fingerprint density at radius 3 is 2.79 bits per heavy atom. The van der Waals surface area contributed by atoms with E-state index in [2.05, 4.69) is 4.72 Å². The van der Waals surface area contributed by atoms with E-state index in [1.165, 1.54) is 30.3 Å². The molecule has 0 aliphatic carbocycles. The van der Waals surface area contributed by atoms with Gasteiger partial charge in [-0.1, -0.05) is 6.07 Å². The number of hydrogen-bond acceptors (Lipinski definition) is 7. The molecule has 10 heteroatoms. The van der Waals surface area contributed by atoms with E-state index < -0.39 is 23.1 Å². The Hall–Kier alpha value is -2.82. The third-order valence-corrected chi connectivity index (χ3v) is 6.04. The van der Waals surface area contributed by atoms with Crippen molar-refractivity contribution in [1.29, 1.82) is 0 Å². The number of fused-ring (bicyclic) bond motifs is 1. The molecule has 0 aromatic heterocycles. The molecule has 2 aliphatic rings. The summed E-state index contributed by atoms with van der Waals surface area (Å²) in [5.74, 6) is -0.466. The van der Waals surface area contributed by atoms with Crippen molar-refractivity contribution in [2.24, 2.45) is 0 Å². The number of nitrogen functional groups attached to an aromatic ring is 1. The van der Waals surface area contributed by atoms with E-state index in [0.29, 0.717) is 34.4 Å². The number of carbonyl (C=O) groups is 1. The van der Waals surface area contributed by atoms with Crippen LogP contribution in [0.5, 0.6) is 0 Å². The molecule has 2 aliphatic heterocycles. The van der Waals surface area contributed by atoms with Crippen LogP contribution < -0.4 is 15.9 Å². The summed E-state index contributed by atoms with van der Waals surface area (Å²) in [6.45, 7) is 0.544. The molecule has 144 valence electrons. The molecular weight excluding hydrogens is 383 g/mol. The van der Waals surface area contributed by atoms with Crippen LogP contribution in [0.2, 0.25) is 0 Å². The Morgan fingerprint density at radius 2 is 2.04 bits per heavy atom. The summed E-state index contributed by atoms with van der Waals surface area (Å²) in [5, 5.41) is 9.82. The number of sulfonamides is 1. The largest absolute Gasteiger partial charge is 0.491 e. The van der Waals surface area contributed by atoms with Crippen molar-refractivity contribution >= 4 is 46.0 Å². The standard InChI is InChI=1S/C18H17BN2O6S/c20-14-2-4-17(13(8-14)7-11-5-6-26-18(11)22)28(24,25)21-15-3-1-12-10-27-19(23)16(12)9-15/h1-4,7-9,21,23H,5-6,10,20H2/b11-7-. The second-order valence-corrected chi connectivity index (χ2v) is 8.19. The van der Waals surface area contributed by atoms with E-state index in [9.17, 15) is 18.2 Å². The van der Waals surface area contributed by atoms with Crippen molar-refractivity contribution in [1.82, 2.24) is 0 Å². The molecule has 0 unspecified atom stereocenters. The van der Waals surface area contributed by atoms with E-state index in [1.54, 1.807) is 12.1 Å². The third kappa shape index (κ3) is 3.49. The van der Waals surface area contributed by atoms with Gasteiger partial charge in [-0.25, -0.2) is 13.2 Å². The van der Waals surface area contributed by atoms with Gasteiger partial charge in [0.05, 0.1) is 18.1 Å². The molecule has 0 spiro atoms. The molecule has 0 bridgehead atoms. The predicted molar refractivity (Wildman–Crippen MR) is 104 cm³/mol. The quantitative estimate of drug-likeness (QED) is 0.297. The van der Waals surface area contributed by atoms with Crippen LogP contribution in [-0.2, 0) is 30.8 Å². The fourth-order valence-electron chi connectivity index (χ4n) is 3.18. The Bertz CT molecular complexity index is 1100. The lowest BCUT2D eigenvalue weighted by Crippen LogP contribution is -2.28. The first-order chi connectivity index (χ1) is 13.3. The molecule has 0 amide bonds. The highest BCUT2D eigenvalue weighted by Gasteiger charge is 2.28. The number of nitrogens with one attached hydrogen (secondary N) is 1. The molecule has 4 rings (SSSR count). The third-order valence-electron chi connectivity index (χ3n) is 4.58. The van der Waals surface area contributed by atoms with Crippen LogP contribution in [0.25, 0.3) is 6.08 Å². The van der Waals surface area contributed by atoms with Gasteiger partial charge in [-0.05, 0) is 53.0 Å². The van der Waals surface area contributed by atoms with Crippen molar-refractivity contribution < 1.29 is 27.6 Å². The maximum absolute atomic E-state index is 13.0. The molecule has 28 heavy (non-hydrogen) atoms. The lowest BCUT2D eigenvalue weighted by atomic mass is 9.79. The summed E-state index contributed by atoms with van der Waals surface area (Å²) in [6, 6.07) is 9.19. The number of anilines is 2. The fourth-order valence-corrected chi connectivity index (χ4v) is 4.40. The average molecular weight is 400 g/mol. The topological polar surface area (TPSA) is 128 Å². The van der Waals surface area contributed by atoms with Gasteiger partial charge in [0.1, 0.15) is 0 Å². The first-order valence-corrected chi connectivity index (χ1v) is 10.0. The molecule has 0 radical (unpaired) electrons. The highest BCUT2D eigenvalue weighted by Crippen LogP contribution is 2.26. The van der Waals surface area contributed by atoms with E-state index in [-0.39, 0.29) is 18.1 Å². The van der Waals surface area contributed by atoms with Crippen LogP contribution in [0.4, 0.5) is 11.4 Å². The Kier molecular flexibility index (Phi) is 4.62. The normalized spacial score (nSPS) is 17.7. The fraction of sp³-hybridized carbons (Fsp3) is 0.167. The van der Waals surface area contributed by atoms with Crippen LogP contribution in [0.15, 0.2) is 46.9 Å². The van der Waals surface area contributed by atoms with E-state index in [1.807, 2.05) is 0 Å². The average Bonchev–Trinajstić information content (AvgIpc) is 3.21. The van der Waals surface area contributed by atoms with Crippen LogP contribution >= 0.6 is 0 Å². The molecule has 2 aromatic rings. The van der Waals surface area contributed by atoms with Crippen molar-refractivity contribution in [2.75, 3.05) is 17.1 Å². The Labute approximate surface area is 162 Å². The van der Waals surface area contributed by atoms with Gasteiger partial charge in [0.2, 0.25) is 0 Å². The number of carbonyl (C=O) groups excluding carboxylic acids is 1. The van der Waals surface area contributed by atoms with Gasteiger partial charge in [0, 0.05) is 23.4 Å². The Morgan fingerprint density at radius 1 is 1.21 bits per heavy atom. The number of ether oxygens (including phenoxy) is 1. The van der Waals surface area contributed by atoms with Gasteiger partial charge in [0.25, 0.3) is 10.0 Å². The first-order valence-electron chi connectivity index (χ1n) is 8.56. The lowest BCUT2D eigenvalue weighted by molar-refractivity contribution is -0.134. The molecule has 1 saturated heterocycles. The van der Waals surface area contributed by atoms with E-state index in [4.69, 9.17) is 15.1 Å². The van der Waals surface area contributed by atoms with Gasteiger partial charge in [-0.15, -0.1) is 0 Å². The van der Waals surface area contributed by atoms with Crippen molar-refractivity contribution in [2.45, 2.75) is 17.9 Å². The summed E-state index contributed by atoms with van der Waals surface area (Å²) >= 11 is 0. The SMILES string of the molecule is Nc1ccc(S(=O)(=O)Nc2ccc3c(c2)B(O)OC3)c(/C=C2/CCOC2=O)c1. The van der Waals surface area contributed by atoms with Gasteiger partial charge in [0.15, 0.2) is 0 Å². The summed E-state index contributed by atoms with van der Waals surface area (Å²) in [4.78, 5) is 11.7. The second kappa shape index (κ2) is 6.97. The molecule has 0 atom stereocenters. The highest BCUT2D eigenvalue weighted by molar-refractivity contribution is 7.92. The van der Waals surface area contributed by atoms with Crippen molar-refractivity contribution in [3.05, 3.63) is 53.1 Å². The first kappa shape index (κ1) is 18.5. The smallest absolute Gasteiger partial charge is 0.462 e. The van der Waals surface area contributed by atoms with Gasteiger partial charge in [-0.3, -0.25) is 4.72 Å². The second-order valence-electron chi connectivity index (χ2n) is 6.54. The lowest BCUT2D eigenvalue weighted by Gasteiger charge is -2.12. The maximum atomic E-state index is 13.0. The minimum Gasteiger partial charge on any atom is -0.462 e. The maximum Gasteiger partial charge on any atom is 0.491 e. The van der Waals surface area contributed by atoms with Crippen LogP contribution in [-0.4, -0.2) is 33.1 Å². The highest BCUT2D eigenvalue weighted by atomic mass is 32.2. The summed E-state index contributed by atoms with van der Waals surface area (Å²) in [5.41, 5.74) is 8.47. The number of esters is 1. The summed E-state index contributed by atoms with van der Waals surface area (Å²) in [6.07, 6.45) is 1.89. The van der Waals surface area contributed by atoms with E-state index in [0.717, 1.165) is 5.56 Å². The van der Waals surface area contributed by atoms with Crippen LogP contribution in [0.1, 0.15) is 17.5 Å². The van der Waals surface area contributed by atoms with Crippen molar-refractivity contribution in [3.8, 4) is 0 Å². The summed E-state index contributed by atoms with van der Waals surface area (Å²) in [7, 11) is -5.06. The zero-order valence-electron chi connectivity index (χ0n) is 14.7. The molecule has 8 nitrogen and oxygen atoms in total. The van der Waals surface area contributed by atoms with Crippen LogP contribution in [0, 0.1) is 0 Å². The minimum absolute atomic E-state index is 0.0220.